The Morgan fingerprint density at radius 2 is 1.39 bits per heavy atom. The minimum absolute atomic E-state index is 0.472. The molecule has 0 radical (unpaired) electrons. The molecule has 0 aliphatic heterocycles. The minimum atomic E-state index is -4.38. The number of hydrogen-bond acceptors (Lipinski definition) is 3. The van der Waals surface area contributed by atoms with Crippen LogP contribution in [0.25, 0.3) is 0 Å². The van der Waals surface area contributed by atoms with Gasteiger partial charge >= 0.3 is 10.1 Å². The molecule has 0 aliphatic carbocycles. The zero-order chi connectivity index (χ0) is 13.2. The van der Waals surface area contributed by atoms with Crippen molar-refractivity contribution in [3.8, 4) is 5.75 Å². The van der Waals surface area contributed by atoms with Gasteiger partial charge in [-0.05, 0) is 24.3 Å². The molecule has 2 rings (SSSR count). The maximum absolute atomic E-state index is 13.3. The largest absolute Gasteiger partial charge is 0.376 e. The number of halogens is 2. The molecule has 0 saturated heterocycles. The van der Waals surface area contributed by atoms with Crippen LogP contribution in [0.15, 0.2) is 53.4 Å². The summed E-state index contributed by atoms with van der Waals surface area (Å²) in [6, 6.07) is 9.72. The van der Waals surface area contributed by atoms with Gasteiger partial charge in [0, 0.05) is 0 Å². The molecular weight excluding hydrogens is 262 g/mol. The Morgan fingerprint density at radius 3 is 2.00 bits per heavy atom. The fourth-order valence-electron chi connectivity index (χ4n) is 1.32. The maximum atomic E-state index is 13.3. The van der Waals surface area contributed by atoms with E-state index in [-0.39, 0.29) is 0 Å². The Bertz CT molecular complexity index is 669. The highest BCUT2D eigenvalue weighted by atomic mass is 32.2. The average Bonchev–Trinajstić information content (AvgIpc) is 2.32. The normalized spacial score (nSPS) is 11.2. The first kappa shape index (κ1) is 12.5. The maximum Gasteiger partial charge on any atom is 0.342 e. The first-order chi connectivity index (χ1) is 8.50. The minimum Gasteiger partial charge on any atom is -0.376 e. The smallest absolute Gasteiger partial charge is 0.342 e. The van der Waals surface area contributed by atoms with E-state index in [4.69, 9.17) is 0 Å². The average molecular weight is 270 g/mol. The molecule has 2 aromatic rings. The van der Waals surface area contributed by atoms with Gasteiger partial charge in [-0.25, -0.2) is 8.78 Å². The molecule has 3 nitrogen and oxygen atoms in total. The van der Waals surface area contributed by atoms with Crippen molar-refractivity contribution in [2.75, 3.05) is 0 Å². The van der Waals surface area contributed by atoms with Crippen molar-refractivity contribution in [2.45, 2.75) is 4.90 Å². The van der Waals surface area contributed by atoms with E-state index in [0.717, 1.165) is 24.3 Å². The van der Waals surface area contributed by atoms with Crippen molar-refractivity contribution >= 4 is 10.1 Å². The van der Waals surface area contributed by atoms with Crippen molar-refractivity contribution in [2.24, 2.45) is 0 Å². The zero-order valence-electron chi connectivity index (χ0n) is 9.01. The van der Waals surface area contributed by atoms with E-state index in [1.807, 2.05) is 0 Å². The van der Waals surface area contributed by atoms with Crippen molar-refractivity contribution in [3.63, 3.8) is 0 Å². The third kappa shape index (κ3) is 2.48. The summed E-state index contributed by atoms with van der Waals surface area (Å²) in [7, 11) is -4.38. The highest BCUT2D eigenvalue weighted by Gasteiger charge is 2.22. The molecule has 6 heteroatoms. The molecule has 0 atom stereocenters. The number of benzene rings is 2. The quantitative estimate of drug-likeness (QED) is 0.805. The van der Waals surface area contributed by atoms with Gasteiger partial charge in [-0.3, -0.25) is 0 Å². The lowest BCUT2D eigenvalue weighted by atomic mass is 10.3. The summed E-state index contributed by atoms with van der Waals surface area (Å²) < 4.78 is 54.6. The van der Waals surface area contributed by atoms with E-state index in [2.05, 4.69) is 4.18 Å². The Balaban J connectivity index is 2.40. The summed E-state index contributed by atoms with van der Waals surface area (Å²) in [5.74, 6) is -2.26. The Labute approximate surface area is 103 Å². The highest BCUT2D eigenvalue weighted by Crippen LogP contribution is 2.22. The van der Waals surface area contributed by atoms with Gasteiger partial charge < -0.3 is 4.18 Å². The Kier molecular flexibility index (Phi) is 3.29. The fourth-order valence-corrected chi connectivity index (χ4v) is 2.34. The van der Waals surface area contributed by atoms with Crippen LogP contribution in [0, 0.1) is 11.6 Å². The molecule has 0 spiro atoms. The van der Waals surface area contributed by atoms with E-state index in [1.54, 1.807) is 0 Å². The van der Waals surface area contributed by atoms with Crippen LogP contribution < -0.4 is 4.18 Å². The second-order valence-electron chi connectivity index (χ2n) is 3.40. The van der Waals surface area contributed by atoms with Gasteiger partial charge in [0.2, 0.25) is 0 Å². The zero-order valence-corrected chi connectivity index (χ0v) is 9.82. The molecule has 0 amide bonds. The van der Waals surface area contributed by atoms with Crippen LogP contribution in [-0.2, 0) is 10.1 Å². The van der Waals surface area contributed by atoms with Crippen molar-refractivity contribution in [1.29, 1.82) is 0 Å². The van der Waals surface area contributed by atoms with Gasteiger partial charge in [0.25, 0.3) is 0 Å². The molecule has 0 heterocycles. The van der Waals surface area contributed by atoms with Gasteiger partial charge in [0.1, 0.15) is 10.7 Å². The Hall–Kier alpha value is -1.95. The van der Waals surface area contributed by atoms with Crippen LogP contribution in [0.4, 0.5) is 8.78 Å². The molecule has 0 N–H and O–H groups in total. The molecule has 0 aliphatic rings. The molecule has 0 aromatic heterocycles. The molecule has 94 valence electrons. The van der Waals surface area contributed by atoms with E-state index in [1.165, 1.54) is 24.3 Å². The molecular formula is C12H8F2O3S. The fraction of sp³-hybridized carbons (Fsp3) is 0. The third-order valence-corrected chi connectivity index (χ3v) is 3.41. The van der Waals surface area contributed by atoms with Crippen LogP contribution in [0.1, 0.15) is 0 Å². The lowest BCUT2D eigenvalue weighted by Crippen LogP contribution is -2.12. The predicted octanol–water partition coefficient (Wildman–Crippen LogP) is 2.73. The van der Waals surface area contributed by atoms with Gasteiger partial charge in [-0.1, -0.05) is 24.3 Å². The van der Waals surface area contributed by atoms with Gasteiger partial charge in [-0.15, -0.1) is 0 Å². The van der Waals surface area contributed by atoms with Crippen LogP contribution in [0.5, 0.6) is 5.75 Å². The monoisotopic (exact) mass is 270 g/mol. The van der Waals surface area contributed by atoms with E-state index in [9.17, 15) is 17.2 Å². The predicted molar refractivity (Wildman–Crippen MR) is 60.6 cm³/mol. The third-order valence-electron chi connectivity index (χ3n) is 2.14. The van der Waals surface area contributed by atoms with Crippen LogP contribution in [0.3, 0.4) is 0 Å². The number of hydrogen-bond donors (Lipinski definition) is 0. The SMILES string of the molecule is O=S(=O)(Oc1ccccc1F)c1ccccc1F. The van der Waals surface area contributed by atoms with Crippen LogP contribution >= 0.6 is 0 Å². The first-order valence-electron chi connectivity index (χ1n) is 4.94. The molecule has 2 aromatic carbocycles. The number of para-hydroxylation sites is 1. The summed E-state index contributed by atoms with van der Waals surface area (Å²) in [4.78, 5) is -0.631. The lowest BCUT2D eigenvalue weighted by Gasteiger charge is -2.07. The molecule has 0 saturated carbocycles. The topological polar surface area (TPSA) is 43.4 Å². The van der Waals surface area contributed by atoms with E-state index < -0.39 is 32.4 Å². The summed E-state index contributed by atoms with van der Waals surface area (Å²) in [6.45, 7) is 0. The molecule has 18 heavy (non-hydrogen) atoms. The lowest BCUT2D eigenvalue weighted by molar-refractivity contribution is 0.455. The van der Waals surface area contributed by atoms with Gasteiger partial charge in [0.15, 0.2) is 11.6 Å². The van der Waals surface area contributed by atoms with Crippen molar-refractivity contribution < 1.29 is 21.4 Å². The van der Waals surface area contributed by atoms with Crippen LogP contribution in [-0.4, -0.2) is 8.42 Å². The van der Waals surface area contributed by atoms with E-state index in [0.29, 0.717) is 0 Å². The summed E-state index contributed by atoms with van der Waals surface area (Å²) >= 11 is 0. The Morgan fingerprint density at radius 1 is 0.833 bits per heavy atom. The highest BCUT2D eigenvalue weighted by molar-refractivity contribution is 7.87. The standard InChI is InChI=1S/C12H8F2O3S/c13-9-5-1-3-7-11(9)17-18(15,16)12-8-4-2-6-10(12)14/h1-8H. The van der Waals surface area contributed by atoms with Gasteiger partial charge in [0.05, 0.1) is 0 Å². The molecule has 0 fully saturated rings. The number of rotatable bonds is 3. The summed E-state index contributed by atoms with van der Waals surface area (Å²) in [6.07, 6.45) is 0. The van der Waals surface area contributed by atoms with Crippen molar-refractivity contribution in [3.05, 3.63) is 60.2 Å². The summed E-state index contributed by atoms with van der Waals surface area (Å²) in [5, 5.41) is 0. The second-order valence-corrected chi connectivity index (χ2v) is 4.91. The molecule has 0 unspecified atom stereocenters. The molecule has 0 bridgehead atoms. The second kappa shape index (κ2) is 4.73. The first-order valence-corrected chi connectivity index (χ1v) is 6.35. The van der Waals surface area contributed by atoms with Crippen LogP contribution in [0.2, 0.25) is 0 Å². The van der Waals surface area contributed by atoms with E-state index >= 15 is 0 Å². The van der Waals surface area contributed by atoms with Crippen molar-refractivity contribution in [1.82, 2.24) is 0 Å². The summed E-state index contributed by atoms with van der Waals surface area (Å²) in [5.41, 5.74) is 0. The van der Waals surface area contributed by atoms with Gasteiger partial charge in [-0.2, -0.15) is 8.42 Å².